The predicted octanol–water partition coefficient (Wildman–Crippen LogP) is 3.98. The Bertz CT molecular complexity index is 1400. The largest absolute Gasteiger partial charge is 0.487 e. The summed E-state index contributed by atoms with van der Waals surface area (Å²) in [6, 6.07) is 9.62. The van der Waals surface area contributed by atoms with Crippen molar-refractivity contribution >= 4 is 10.1 Å². The third-order valence-corrected chi connectivity index (χ3v) is 5.51. The number of hydrogen-bond acceptors (Lipinski definition) is 7. The lowest BCUT2D eigenvalue weighted by Gasteiger charge is -2.10. The first kappa shape index (κ1) is 22.5. The molecule has 2 aromatic heterocycles. The monoisotopic (exact) mass is 480 g/mol. The van der Waals surface area contributed by atoms with Crippen LogP contribution < -0.4 is 4.74 Å². The Hall–Kier alpha value is -3.71. The average Bonchev–Trinajstić information content (AvgIpc) is 3.38. The third-order valence-electron chi connectivity index (χ3n) is 4.66. The topological polar surface area (TPSA) is 120 Å². The van der Waals surface area contributed by atoms with Crippen LogP contribution in [0.1, 0.15) is 11.3 Å². The van der Waals surface area contributed by atoms with Gasteiger partial charge < -0.3 is 9.26 Å². The van der Waals surface area contributed by atoms with Crippen LogP contribution in [0.4, 0.5) is 13.2 Å². The van der Waals surface area contributed by atoms with Crippen molar-refractivity contribution in [3.63, 3.8) is 0 Å². The Balaban J connectivity index is 1.56. The Morgan fingerprint density at radius 2 is 1.88 bits per heavy atom. The molecule has 4 aromatic rings. The summed E-state index contributed by atoms with van der Waals surface area (Å²) in [5, 5.41) is 8.02. The lowest BCUT2D eigenvalue weighted by Crippen LogP contribution is -2.06. The molecule has 9 nitrogen and oxygen atoms in total. The van der Waals surface area contributed by atoms with Crippen molar-refractivity contribution in [1.29, 1.82) is 0 Å². The zero-order chi connectivity index (χ0) is 23.8. The molecular weight excluding hydrogens is 465 g/mol. The smallest absolute Gasteiger partial charge is 0.416 e. The highest BCUT2D eigenvalue weighted by atomic mass is 32.2. The number of aryl methyl sites for hydroxylation is 1. The van der Waals surface area contributed by atoms with E-state index < -0.39 is 21.9 Å². The summed E-state index contributed by atoms with van der Waals surface area (Å²) >= 11 is 0. The Morgan fingerprint density at radius 1 is 1.15 bits per heavy atom. The van der Waals surface area contributed by atoms with Gasteiger partial charge in [-0.3, -0.25) is 9.23 Å². The molecule has 0 amide bonds. The average molecular weight is 480 g/mol. The van der Waals surface area contributed by atoms with Gasteiger partial charge in [-0.05, 0) is 42.5 Å². The minimum Gasteiger partial charge on any atom is -0.487 e. The molecule has 13 heteroatoms. The number of aromatic nitrogens is 4. The van der Waals surface area contributed by atoms with Crippen LogP contribution >= 0.6 is 0 Å². The summed E-state index contributed by atoms with van der Waals surface area (Å²) in [6.07, 6.45) is -2.97. The van der Waals surface area contributed by atoms with Crippen molar-refractivity contribution in [2.45, 2.75) is 17.7 Å². The van der Waals surface area contributed by atoms with Gasteiger partial charge in [-0.1, -0.05) is 11.2 Å². The number of hydrogen-bond donors (Lipinski definition) is 1. The third kappa shape index (κ3) is 4.88. The van der Waals surface area contributed by atoms with E-state index in [2.05, 4.69) is 15.2 Å². The van der Waals surface area contributed by atoms with Crippen molar-refractivity contribution < 1.29 is 35.4 Å². The number of alkyl halides is 3. The number of ether oxygens (including phenoxy) is 1. The molecule has 0 radical (unpaired) electrons. The van der Waals surface area contributed by atoms with Crippen LogP contribution in [0.25, 0.3) is 22.8 Å². The van der Waals surface area contributed by atoms with Crippen LogP contribution in [-0.4, -0.2) is 32.9 Å². The van der Waals surface area contributed by atoms with E-state index in [-0.39, 0.29) is 34.5 Å². The molecule has 0 aliphatic heterocycles. The molecule has 0 saturated carbocycles. The first-order chi connectivity index (χ1) is 15.5. The lowest BCUT2D eigenvalue weighted by atomic mass is 10.2. The quantitative estimate of drug-likeness (QED) is 0.412. The number of rotatable bonds is 6. The zero-order valence-corrected chi connectivity index (χ0v) is 17.6. The van der Waals surface area contributed by atoms with Crippen molar-refractivity contribution in [3.8, 4) is 28.6 Å². The fraction of sp³-hybridized carbons (Fsp3) is 0.150. The second kappa shape index (κ2) is 8.33. The molecule has 2 aromatic carbocycles. The second-order valence-corrected chi connectivity index (χ2v) is 8.29. The summed E-state index contributed by atoms with van der Waals surface area (Å²) < 4.78 is 82.4. The van der Waals surface area contributed by atoms with Crippen molar-refractivity contribution in [2.75, 3.05) is 0 Å². The van der Waals surface area contributed by atoms with Crippen molar-refractivity contribution in [2.24, 2.45) is 7.05 Å². The van der Waals surface area contributed by atoms with Crippen LogP contribution in [0.15, 0.2) is 64.1 Å². The van der Waals surface area contributed by atoms with E-state index >= 15 is 0 Å². The fourth-order valence-corrected chi connectivity index (χ4v) is 3.48. The van der Waals surface area contributed by atoms with Crippen molar-refractivity contribution in [1.82, 2.24) is 19.9 Å². The van der Waals surface area contributed by atoms with Crippen LogP contribution in [0.2, 0.25) is 0 Å². The summed E-state index contributed by atoms with van der Waals surface area (Å²) in [5.41, 5.74) is 0.461. The maximum absolute atomic E-state index is 12.7. The SMILES string of the molecule is Cn1ncc(-c2noc(-c3cccc(S(=O)(=O)O)c3)n2)c1COc1ccc(C(F)(F)F)cc1. The van der Waals surface area contributed by atoms with Crippen LogP contribution in [-0.2, 0) is 29.9 Å². The second-order valence-electron chi connectivity index (χ2n) is 6.87. The van der Waals surface area contributed by atoms with E-state index in [4.69, 9.17) is 9.26 Å². The molecule has 0 spiro atoms. The Kier molecular flexibility index (Phi) is 5.68. The molecule has 2 heterocycles. The molecule has 0 fully saturated rings. The van der Waals surface area contributed by atoms with E-state index in [0.717, 1.165) is 12.1 Å². The predicted molar refractivity (Wildman–Crippen MR) is 108 cm³/mol. The van der Waals surface area contributed by atoms with Gasteiger partial charge in [-0.25, -0.2) is 0 Å². The van der Waals surface area contributed by atoms with Crippen LogP contribution in [0, 0.1) is 0 Å². The normalized spacial score (nSPS) is 12.2. The highest BCUT2D eigenvalue weighted by molar-refractivity contribution is 7.85. The molecule has 0 aliphatic carbocycles. The zero-order valence-electron chi connectivity index (χ0n) is 16.8. The molecule has 1 N–H and O–H groups in total. The van der Waals surface area contributed by atoms with Gasteiger partial charge in [0.05, 0.1) is 27.9 Å². The lowest BCUT2D eigenvalue weighted by molar-refractivity contribution is -0.137. The Morgan fingerprint density at radius 3 is 2.55 bits per heavy atom. The van der Waals surface area contributed by atoms with Gasteiger partial charge in [-0.15, -0.1) is 0 Å². The highest BCUT2D eigenvalue weighted by Crippen LogP contribution is 2.31. The van der Waals surface area contributed by atoms with Gasteiger partial charge in [0.1, 0.15) is 12.4 Å². The summed E-state index contributed by atoms with van der Waals surface area (Å²) in [7, 11) is -2.76. The number of halogens is 3. The molecular formula is C20H15F3N4O5S. The molecule has 172 valence electrons. The maximum Gasteiger partial charge on any atom is 0.416 e. The van der Waals surface area contributed by atoms with E-state index in [0.29, 0.717) is 11.3 Å². The van der Waals surface area contributed by atoms with Crippen molar-refractivity contribution in [3.05, 3.63) is 66.0 Å². The highest BCUT2D eigenvalue weighted by Gasteiger charge is 2.30. The standard InChI is InChI=1S/C20H15F3N4O5S/c1-27-17(11-31-14-7-5-13(6-8-14)20(21,22)23)16(10-24-27)18-25-19(32-26-18)12-3-2-4-15(9-12)33(28,29)30/h2-10H,11H2,1H3,(H,28,29,30). The number of nitrogens with zero attached hydrogens (tertiary/aromatic N) is 4. The molecule has 0 atom stereocenters. The summed E-state index contributed by atoms with van der Waals surface area (Å²) in [5.74, 6) is 0.376. The van der Waals surface area contributed by atoms with Gasteiger partial charge in [0.25, 0.3) is 16.0 Å². The van der Waals surface area contributed by atoms with Gasteiger partial charge in [0.2, 0.25) is 5.82 Å². The summed E-state index contributed by atoms with van der Waals surface area (Å²) in [4.78, 5) is 3.93. The van der Waals surface area contributed by atoms with Gasteiger partial charge in [0, 0.05) is 12.6 Å². The molecule has 0 unspecified atom stereocenters. The Labute approximate surface area is 185 Å². The minimum atomic E-state index is -4.44. The van der Waals surface area contributed by atoms with Gasteiger partial charge >= 0.3 is 6.18 Å². The van der Waals surface area contributed by atoms with Crippen LogP contribution in [0.5, 0.6) is 5.75 Å². The van der Waals surface area contributed by atoms with E-state index in [9.17, 15) is 26.1 Å². The van der Waals surface area contributed by atoms with E-state index in [1.165, 1.54) is 47.3 Å². The molecule has 0 bridgehead atoms. The maximum atomic E-state index is 12.7. The fourth-order valence-electron chi connectivity index (χ4n) is 2.95. The number of benzene rings is 2. The molecule has 0 saturated heterocycles. The van der Waals surface area contributed by atoms with Crippen LogP contribution in [0.3, 0.4) is 0 Å². The summed E-state index contributed by atoms with van der Waals surface area (Å²) in [6.45, 7) is -0.0423. The minimum absolute atomic E-state index is 0.00830. The molecule has 0 aliphatic rings. The van der Waals surface area contributed by atoms with E-state index in [1.54, 1.807) is 7.05 Å². The van der Waals surface area contributed by atoms with E-state index in [1.807, 2.05) is 0 Å². The molecule has 33 heavy (non-hydrogen) atoms. The first-order valence-electron chi connectivity index (χ1n) is 9.25. The molecule has 4 rings (SSSR count). The van der Waals surface area contributed by atoms with Gasteiger partial charge in [-0.2, -0.15) is 31.7 Å². The first-order valence-corrected chi connectivity index (χ1v) is 10.7. The van der Waals surface area contributed by atoms with Gasteiger partial charge in [0.15, 0.2) is 0 Å².